The monoisotopic (exact) mass is 295 g/mol. The molecule has 1 N–H and O–H groups in total. The van der Waals surface area contributed by atoms with Crippen molar-refractivity contribution in [3.8, 4) is 0 Å². The van der Waals surface area contributed by atoms with Gasteiger partial charge in [-0.2, -0.15) is 0 Å². The lowest BCUT2D eigenvalue weighted by atomic mass is 9.87. The van der Waals surface area contributed by atoms with Crippen molar-refractivity contribution < 1.29 is 9.59 Å². The molecule has 1 aromatic rings. The van der Waals surface area contributed by atoms with Crippen LogP contribution in [0.5, 0.6) is 0 Å². The smallest absolute Gasteiger partial charge is 0.234 e. The number of rotatable bonds is 2. The summed E-state index contributed by atoms with van der Waals surface area (Å²) >= 11 is 3.34. The van der Waals surface area contributed by atoms with E-state index in [0.29, 0.717) is 12.8 Å². The van der Waals surface area contributed by atoms with E-state index in [1.807, 2.05) is 24.3 Å². The molecule has 0 aliphatic heterocycles. The van der Waals surface area contributed by atoms with Gasteiger partial charge in [0.1, 0.15) is 5.78 Å². The fraction of sp³-hybridized carbons (Fsp3) is 0.385. The van der Waals surface area contributed by atoms with Gasteiger partial charge in [-0.1, -0.05) is 28.4 Å². The van der Waals surface area contributed by atoms with Gasteiger partial charge in [0.15, 0.2) is 0 Å². The number of hydrogen-bond acceptors (Lipinski definition) is 2. The Labute approximate surface area is 109 Å². The minimum absolute atomic E-state index is 0.0729. The van der Waals surface area contributed by atoms with Crippen molar-refractivity contribution in [2.24, 2.45) is 5.92 Å². The van der Waals surface area contributed by atoms with E-state index in [1.165, 1.54) is 0 Å². The molecule has 2 rings (SSSR count). The number of amides is 1. The van der Waals surface area contributed by atoms with Gasteiger partial charge in [-0.25, -0.2) is 0 Å². The normalized spacial score (nSPS) is 20.1. The maximum Gasteiger partial charge on any atom is 0.234 e. The molecule has 0 saturated heterocycles. The number of nitrogens with one attached hydrogen (secondary N) is 1. The van der Waals surface area contributed by atoms with Gasteiger partial charge in [0.25, 0.3) is 0 Å². The van der Waals surface area contributed by atoms with Crippen LogP contribution in [0.3, 0.4) is 0 Å². The van der Waals surface area contributed by atoms with Crippen LogP contribution in [0.25, 0.3) is 0 Å². The molecular formula is C13H14BrNO2. The van der Waals surface area contributed by atoms with E-state index >= 15 is 0 Å². The zero-order valence-electron chi connectivity index (χ0n) is 9.41. The average Bonchev–Trinajstić information content (AvgIpc) is 2.29. The molecule has 1 fully saturated rings. The summed E-state index contributed by atoms with van der Waals surface area (Å²) in [5.41, 5.74) is 0.725. The van der Waals surface area contributed by atoms with Gasteiger partial charge in [-0.15, -0.1) is 0 Å². The van der Waals surface area contributed by atoms with Crippen LogP contribution in [-0.2, 0) is 9.59 Å². The lowest BCUT2D eigenvalue weighted by Gasteiger charge is -2.19. The second-order valence-corrected chi connectivity index (χ2v) is 5.18. The van der Waals surface area contributed by atoms with Gasteiger partial charge >= 0.3 is 0 Å². The number of halogens is 1. The summed E-state index contributed by atoms with van der Waals surface area (Å²) in [6.07, 6.45) is 3.09. The van der Waals surface area contributed by atoms with E-state index < -0.39 is 5.92 Å². The largest absolute Gasteiger partial charge is 0.325 e. The molecule has 1 amide bonds. The quantitative estimate of drug-likeness (QED) is 0.852. The van der Waals surface area contributed by atoms with Crippen molar-refractivity contribution in [2.45, 2.75) is 25.7 Å². The van der Waals surface area contributed by atoms with E-state index in [4.69, 9.17) is 0 Å². The molecule has 0 aromatic heterocycles. The fourth-order valence-electron chi connectivity index (χ4n) is 2.06. The summed E-state index contributed by atoms with van der Waals surface area (Å²) in [4.78, 5) is 23.6. The molecule has 4 heteroatoms. The Morgan fingerprint density at radius 1 is 1.35 bits per heavy atom. The highest BCUT2D eigenvalue weighted by Crippen LogP contribution is 2.23. The van der Waals surface area contributed by atoms with Gasteiger partial charge in [-0.3, -0.25) is 9.59 Å². The number of hydrogen-bond donors (Lipinski definition) is 1. The van der Waals surface area contributed by atoms with E-state index in [1.54, 1.807) is 0 Å². The van der Waals surface area contributed by atoms with Crippen molar-refractivity contribution in [2.75, 3.05) is 5.32 Å². The van der Waals surface area contributed by atoms with Gasteiger partial charge in [0.2, 0.25) is 5.91 Å². The minimum Gasteiger partial charge on any atom is -0.325 e. The summed E-state index contributed by atoms with van der Waals surface area (Å²) in [5.74, 6) is -0.556. The molecule has 0 spiro atoms. The van der Waals surface area contributed by atoms with Gasteiger partial charge < -0.3 is 5.32 Å². The Balaban J connectivity index is 2.03. The average molecular weight is 296 g/mol. The predicted octanol–water partition coefficient (Wildman–Crippen LogP) is 3.15. The van der Waals surface area contributed by atoms with Gasteiger partial charge in [0, 0.05) is 16.6 Å². The second-order valence-electron chi connectivity index (χ2n) is 4.26. The highest BCUT2D eigenvalue weighted by molar-refractivity contribution is 9.10. The Bertz CT molecular complexity index is 445. The SMILES string of the molecule is O=C1CCCCC1C(=O)Nc1cccc(Br)c1. The third-order valence-electron chi connectivity index (χ3n) is 2.96. The maximum absolute atomic E-state index is 11.9. The first-order chi connectivity index (χ1) is 8.16. The molecule has 3 nitrogen and oxygen atoms in total. The first-order valence-corrected chi connectivity index (χ1v) is 6.55. The zero-order chi connectivity index (χ0) is 12.3. The number of carbonyl (C=O) groups excluding carboxylic acids is 2. The van der Waals surface area contributed by atoms with Crippen LogP contribution in [0.1, 0.15) is 25.7 Å². The second kappa shape index (κ2) is 5.45. The first kappa shape index (κ1) is 12.3. The molecule has 1 saturated carbocycles. The van der Waals surface area contributed by atoms with Crippen molar-refractivity contribution in [1.29, 1.82) is 0 Å². The van der Waals surface area contributed by atoms with Crippen molar-refractivity contribution in [3.05, 3.63) is 28.7 Å². The van der Waals surface area contributed by atoms with Crippen LogP contribution in [0.2, 0.25) is 0 Å². The fourth-order valence-corrected chi connectivity index (χ4v) is 2.46. The third-order valence-corrected chi connectivity index (χ3v) is 3.46. The van der Waals surface area contributed by atoms with E-state index in [0.717, 1.165) is 23.0 Å². The Hall–Kier alpha value is -1.16. The first-order valence-electron chi connectivity index (χ1n) is 5.76. The Morgan fingerprint density at radius 3 is 2.88 bits per heavy atom. The van der Waals surface area contributed by atoms with Crippen LogP contribution in [-0.4, -0.2) is 11.7 Å². The Kier molecular flexibility index (Phi) is 3.94. The molecule has 1 aliphatic rings. The van der Waals surface area contributed by atoms with Crippen LogP contribution in [0.15, 0.2) is 28.7 Å². The van der Waals surface area contributed by atoms with Gasteiger partial charge in [0.05, 0.1) is 5.92 Å². The topological polar surface area (TPSA) is 46.2 Å². The van der Waals surface area contributed by atoms with E-state index in [9.17, 15) is 9.59 Å². The summed E-state index contributed by atoms with van der Waals surface area (Å²) in [7, 11) is 0. The third kappa shape index (κ3) is 3.16. The lowest BCUT2D eigenvalue weighted by Crippen LogP contribution is -2.31. The predicted molar refractivity (Wildman–Crippen MR) is 69.7 cm³/mol. The molecule has 1 aromatic carbocycles. The zero-order valence-corrected chi connectivity index (χ0v) is 11.0. The standard InChI is InChI=1S/C13H14BrNO2/c14-9-4-3-5-10(8-9)15-13(17)11-6-1-2-7-12(11)16/h3-5,8,11H,1-2,6-7H2,(H,15,17). The lowest BCUT2D eigenvalue weighted by molar-refractivity contribution is -0.132. The van der Waals surface area contributed by atoms with Crippen molar-refractivity contribution in [3.63, 3.8) is 0 Å². The van der Waals surface area contributed by atoms with Crippen LogP contribution in [0.4, 0.5) is 5.69 Å². The molecule has 1 atom stereocenters. The molecule has 1 aliphatic carbocycles. The number of carbonyl (C=O) groups is 2. The molecule has 0 heterocycles. The van der Waals surface area contributed by atoms with Crippen LogP contribution < -0.4 is 5.32 Å². The molecule has 90 valence electrons. The highest BCUT2D eigenvalue weighted by atomic mass is 79.9. The Morgan fingerprint density at radius 2 is 2.18 bits per heavy atom. The van der Waals surface area contributed by atoms with Gasteiger partial charge in [-0.05, 0) is 31.0 Å². The van der Waals surface area contributed by atoms with Crippen molar-refractivity contribution in [1.82, 2.24) is 0 Å². The number of anilines is 1. The van der Waals surface area contributed by atoms with Crippen molar-refractivity contribution >= 4 is 33.3 Å². The van der Waals surface area contributed by atoms with Crippen LogP contribution in [0, 0.1) is 5.92 Å². The van der Waals surface area contributed by atoms with Crippen LogP contribution >= 0.6 is 15.9 Å². The van der Waals surface area contributed by atoms with E-state index in [-0.39, 0.29) is 11.7 Å². The summed E-state index contributed by atoms with van der Waals surface area (Å²) in [6.45, 7) is 0. The van der Waals surface area contributed by atoms with E-state index in [2.05, 4.69) is 21.2 Å². The molecule has 0 bridgehead atoms. The minimum atomic E-state index is -0.456. The summed E-state index contributed by atoms with van der Waals surface area (Å²) in [5, 5.41) is 2.79. The molecule has 0 radical (unpaired) electrons. The molecule has 17 heavy (non-hydrogen) atoms. The summed E-state index contributed by atoms with van der Waals surface area (Å²) in [6, 6.07) is 7.38. The maximum atomic E-state index is 11.9. The summed E-state index contributed by atoms with van der Waals surface area (Å²) < 4.78 is 0.908. The number of benzene rings is 1. The number of ketones is 1. The molecule has 1 unspecified atom stereocenters. The molecular weight excluding hydrogens is 282 g/mol. The highest BCUT2D eigenvalue weighted by Gasteiger charge is 2.28. The number of Topliss-reactive ketones (excluding diaryl/α,β-unsaturated/α-hetero) is 1.